The van der Waals surface area contributed by atoms with Crippen LogP contribution in [0, 0.1) is 11.3 Å². The zero-order valence-electron chi connectivity index (χ0n) is 12.3. The molecule has 0 spiro atoms. The van der Waals surface area contributed by atoms with Gasteiger partial charge in [-0.1, -0.05) is 47.5 Å². The van der Waals surface area contributed by atoms with Crippen molar-refractivity contribution in [3.63, 3.8) is 0 Å². The van der Waals surface area contributed by atoms with Crippen molar-refractivity contribution in [3.8, 4) is 0 Å². The standard InChI is InChI=1S/C15H29NO/c1-12(2)10-16(13-8-6-7-9-13)11-14(17)15(3,4)5/h12-13H,6-11H2,1-5H3. The molecule has 2 nitrogen and oxygen atoms in total. The molecule has 0 aromatic carbocycles. The molecule has 1 aliphatic rings. The molecular formula is C15H29NO. The lowest BCUT2D eigenvalue weighted by Gasteiger charge is -2.32. The van der Waals surface area contributed by atoms with Crippen LogP contribution in [0.2, 0.25) is 0 Å². The van der Waals surface area contributed by atoms with E-state index in [4.69, 9.17) is 0 Å². The van der Waals surface area contributed by atoms with E-state index in [1.165, 1.54) is 25.7 Å². The molecule has 0 bridgehead atoms. The van der Waals surface area contributed by atoms with E-state index in [9.17, 15) is 4.79 Å². The molecule has 0 amide bonds. The minimum atomic E-state index is -0.201. The summed E-state index contributed by atoms with van der Waals surface area (Å²) in [5, 5.41) is 0. The zero-order valence-corrected chi connectivity index (χ0v) is 12.3. The van der Waals surface area contributed by atoms with Gasteiger partial charge in [0.1, 0.15) is 0 Å². The highest BCUT2D eigenvalue weighted by Gasteiger charge is 2.28. The van der Waals surface area contributed by atoms with Crippen molar-refractivity contribution in [2.75, 3.05) is 13.1 Å². The smallest absolute Gasteiger partial charge is 0.152 e. The summed E-state index contributed by atoms with van der Waals surface area (Å²) >= 11 is 0. The topological polar surface area (TPSA) is 20.3 Å². The van der Waals surface area contributed by atoms with Crippen LogP contribution in [0.3, 0.4) is 0 Å². The summed E-state index contributed by atoms with van der Waals surface area (Å²) in [6, 6.07) is 0.656. The quantitative estimate of drug-likeness (QED) is 0.732. The average molecular weight is 239 g/mol. The van der Waals surface area contributed by atoms with Crippen molar-refractivity contribution in [3.05, 3.63) is 0 Å². The van der Waals surface area contributed by atoms with E-state index in [-0.39, 0.29) is 5.41 Å². The largest absolute Gasteiger partial charge is 0.298 e. The van der Waals surface area contributed by atoms with Gasteiger partial charge in [-0.05, 0) is 18.8 Å². The summed E-state index contributed by atoms with van der Waals surface area (Å²) < 4.78 is 0. The lowest BCUT2D eigenvalue weighted by molar-refractivity contribution is -0.128. The van der Waals surface area contributed by atoms with Crippen LogP contribution in [-0.2, 0) is 4.79 Å². The van der Waals surface area contributed by atoms with Crippen LogP contribution in [0.4, 0.5) is 0 Å². The first-order chi connectivity index (χ1) is 7.80. The second kappa shape index (κ2) is 5.99. The Labute approximate surface area is 107 Å². The zero-order chi connectivity index (χ0) is 13.1. The number of rotatable bonds is 5. The van der Waals surface area contributed by atoms with Gasteiger partial charge in [0.2, 0.25) is 0 Å². The lowest BCUT2D eigenvalue weighted by Crippen LogP contribution is -2.42. The highest BCUT2D eigenvalue weighted by molar-refractivity contribution is 5.85. The van der Waals surface area contributed by atoms with Crippen LogP contribution >= 0.6 is 0 Å². The van der Waals surface area contributed by atoms with Gasteiger partial charge >= 0.3 is 0 Å². The second-order valence-corrected chi connectivity index (χ2v) is 6.93. The molecule has 0 heterocycles. The van der Waals surface area contributed by atoms with Crippen LogP contribution in [0.15, 0.2) is 0 Å². The molecule has 2 heteroatoms. The van der Waals surface area contributed by atoms with Crippen molar-refractivity contribution in [1.82, 2.24) is 4.90 Å². The number of nitrogens with zero attached hydrogens (tertiary/aromatic N) is 1. The molecule has 1 fully saturated rings. The molecule has 0 aromatic heterocycles. The molecule has 1 aliphatic carbocycles. The molecule has 0 atom stereocenters. The normalized spacial score (nSPS) is 18.3. The van der Waals surface area contributed by atoms with Crippen molar-refractivity contribution >= 4 is 5.78 Å². The fraction of sp³-hybridized carbons (Fsp3) is 0.933. The molecule has 0 aliphatic heterocycles. The predicted octanol–water partition coefficient (Wildman–Crippen LogP) is 3.50. The fourth-order valence-corrected chi connectivity index (χ4v) is 2.50. The van der Waals surface area contributed by atoms with Gasteiger partial charge in [0.15, 0.2) is 5.78 Å². The van der Waals surface area contributed by atoms with Crippen LogP contribution < -0.4 is 0 Å². The highest BCUT2D eigenvalue weighted by atomic mass is 16.1. The first-order valence-corrected chi connectivity index (χ1v) is 7.08. The molecule has 0 saturated heterocycles. The molecule has 0 unspecified atom stereocenters. The second-order valence-electron chi connectivity index (χ2n) is 6.93. The molecule has 0 N–H and O–H groups in total. The minimum absolute atomic E-state index is 0.201. The van der Waals surface area contributed by atoms with Gasteiger partial charge < -0.3 is 0 Å². The van der Waals surface area contributed by atoms with Gasteiger partial charge in [-0.25, -0.2) is 0 Å². The van der Waals surface area contributed by atoms with Crippen molar-refractivity contribution in [1.29, 1.82) is 0 Å². The minimum Gasteiger partial charge on any atom is -0.298 e. The summed E-state index contributed by atoms with van der Waals surface area (Å²) in [6.45, 7) is 12.3. The third-order valence-corrected chi connectivity index (χ3v) is 3.62. The highest BCUT2D eigenvalue weighted by Crippen LogP contribution is 2.25. The Hall–Kier alpha value is -0.370. The lowest BCUT2D eigenvalue weighted by atomic mass is 9.90. The van der Waals surface area contributed by atoms with Crippen LogP contribution in [0.1, 0.15) is 60.3 Å². The fourth-order valence-electron chi connectivity index (χ4n) is 2.50. The van der Waals surface area contributed by atoms with E-state index in [0.717, 1.165) is 6.54 Å². The SMILES string of the molecule is CC(C)CN(CC(=O)C(C)(C)C)C1CCCC1. The Morgan fingerprint density at radius 2 is 1.76 bits per heavy atom. The van der Waals surface area contributed by atoms with E-state index < -0.39 is 0 Å². The van der Waals surface area contributed by atoms with E-state index in [2.05, 4.69) is 18.7 Å². The van der Waals surface area contributed by atoms with Crippen LogP contribution in [0.5, 0.6) is 0 Å². The third kappa shape index (κ3) is 4.79. The van der Waals surface area contributed by atoms with Gasteiger partial charge in [-0.2, -0.15) is 0 Å². The van der Waals surface area contributed by atoms with Crippen molar-refractivity contribution in [2.24, 2.45) is 11.3 Å². The molecule has 100 valence electrons. The summed E-state index contributed by atoms with van der Waals surface area (Å²) in [7, 11) is 0. The summed E-state index contributed by atoms with van der Waals surface area (Å²) in [5.41, 5.74) is -0.201. The number of hydrogen-bond acceptors (Lipinski definition) is 2. The predicted molar refractivity (Wildman–Crippen MR) is 73.1 cm³/mol. The maximum absolute atomic E-state index is 12.2. The van der Waals surface area contributed by atoms with E-state index in [0.29, 0.717) is 24.3 Å². The number of carbonyl (C=O) groups excluding carboxylic acids is 1. The number of hydrogen-bond donors (Lipinski definition) is 0. The first kappa shape index (κ1) is 14.7. The summed E-state index contributed by atoms with van der Waals surface area (Å²) in [4.78, 5) is 14.6. The monoisotopic (exact) mass is 239 g/mol. The average Bonchev–Trinajstić information content (AvgIpc) is 2.66. The molecule has 1 rings (SSSR count). The van der Waals surface area contributed by atoms with Gasteiger partial charge in [0, 0.05) is 18.0 Å². The number of ketones is 1. The Kier molecular flexibility index (Phi) is 5.18. The molecule has 17 heavy (non-hydrogen) atoms. The van der Waals surface area contributed by atoms with Gasteiger partial charge in [-0.15, -0.1) is 0 Å². The van der Waals surface area contributed by atoms with Gasteiger partial charge in [-0.3, -0.25) is 9.69 Å². The Bertz CT molecular complexity index is 246. The van der Waals surface area contributed by atoms with E-state index >= 15 is 0 Å². The molecular weight excluding hydrogens is 210 g/mol. The van der Waals surface area contributed by atoms with Crippen LogP contribution in [-0.4, -0.2) is 29.8 Å². The number of Topliss-reactive ketones (excluding diaryl/α,β-unsaturated/α-hetero) is 1. The number of carbonyl (C=O) groups is 1. The molecule has 0 radical (unpaired) electrons. The Balaban J connectivity index is 2.60. The van der Waals surface area contributed by atoms with Crippen molar-refractivity contribution < 1.29 is 4.79 Å². The summed E-state index contributed by atoms with van der Waals surface area (Å²) in [6.07, 6.45) is 5.24. The third-order valence-electron chi connectivity index (χ3n) is 3.62. The first-order valence-electron chi connectivity index (χ1n) is 7.08. The maximum atomic E-state index is 12.2. The summed E-state index contributed by atoms with van der Waals surface area (Å²) in [5.74, 6) is 1.02. The Morgan fingerprint density at radius 1 is 1.24 bits per heavy atom. The Morgan fingerprint density at radius 3 is 2.18 bits per heavy atom. The van der Waals surface area contributed by atoms with E-state index in [1.807, 2.05) is 20.8 Å². The molecule has 0 aromatic rings. The van der Waals surface area contributed by atoms with E-state index in [1.54, 1.807) is 0 Å². The maximum Gasteiger partial charge on any atom is 0.152 e. The van der Waals surface area contributed by atoms with Crippen LogP contribution in [0.25, 0.3) is 0 Å². The van der Waals surface area contributed by atoms with Crippen molar-refractivity contribution in [2.45, 2.75) is 66.3 Å². The van der Waals surface area contributed by atoms with Gasteiger partial charge in [0.05, 0.1) is 6.54 Å². The molecule has 1 saturated carbocycles. The van der Waals surface area contributed by atoms with Gasteiger partial charge in [0.25, 0.3) is 0 Å².